The van der Waals surface area contributed by atoms with Gasteiger partial charge in [0.1, 0.15) is 0 Å². The van der Waals surface area contributed by atoms with Gasteiger partial charge in [-0.15, -0.1) is 0 Å². The molecule has 1 saturated carbocycles. The third-order valence-electron chi connectivity index (χ3n) is 2.80. The first-order valence-electron chi connectivity index (χ1n) is 4.51. The molecule has 1 N–H and O–H groups in total. The SMILES string of the molecule is CCC1CC1(O)c1ccncc1Cl. The van der Waals surface area contributed by atoms with E-state index in [-0.39, 0.29) is 0 Å². The van der Waals surface area contributed by atoms with Crippen LogP contribution in [0.3, 0.4) is 0 Å². The van der Waals surface area contributed by atoms with E-state index in [1.165, 1.54) is 0 Å². The maximum absolute atomic E-state index is 10.1. The summed E-state index contributed by atoms with van der Waals surface area (Å²) in [4.78, 5) is 3.89. The Labute approximate surface area is 82.6 Å². The summed E-state index contributed by atoms with van der Waals surface area (Å²) in [6, 6.07) is 1.80. The van der Waals surface area contributed by atoms with Gasteiger partial charge in [-0.3, -0.25) is 4.98 Å². The molecule has 2 rings (SSSR count). The molecule has 1 fully saturated rings. The highest BCUT2D eigenvalue weighted by atomic mass is 35.5. The first kappa shape index (κ1) is 8.97. The minimum atomic E-state index is -0.672. The Morgan fingerprint density at radius 2 is 2.54 bits per heavy atom. The minimum absolute atomic E-state index is 0.368. The molecule has 0 saturated heterocycles. The Morgan fingerprint density at radius 1 is 1.77 bits per heavy atom. The van der Waals surface area contributed by atoms with Gasteiger partial charge in [0, 0.05) is 18.0 Å². The Hall–Kier alpha value is -0.600. The van der Waals surface area contributed by atoms with Gasteiger partial charge in [0.05, 0.1) is 10.6 Å². The van der Waals surface area contributed by atoms with Gasteiger partial charge in [0.15, 0.2) is 0 Å². The largest absolute Gasteiger partial charge is 0.385 e. The van der Waals surface area contributed by atoms with Crippen LogP contribution in [0.4, 0.5) is 0 Å². The van der Waals surface area contributed by atoms with Crippen molar-refractivity contribution < 1.29 is 5.11 Å². The number of nitrogens with zero attached hydrogens (tertiary/aromatic N) is 1. The molecule has 70 valence electrons. The molecule has 1 aromatic heterocycles. The van der Waals surface area contributed by atoms with Gasteiger partial charge in [-0.25, -0.2) is 0 Å². The molecule has 13 heavy (non-hydrogen) atoms. The molecule has 0 amide bonds. The van der Waals surface area contributed by atoms with Gasteiger partial charge >= 0.3 is 0 Å². The van der Waals surface area contributed by atoms with Crippen LogP contribution in [0.2, 0.25) is 5.02 Å². The summed E-state index contributed by atoms with van der Waals surface area (Å²) in [5.41, 5.74) is 0.158. The Morgan fingerprint density at radius 3 is 3.08 bits per heavy atom. The lowest BCUT2D eigenvalue weighted by atomic mass is 10.1. The summed E-state index contributed by atoms with van der Waals surface area (Å²) in [6.45, 7) is 2.08. The quantitative estimate of drug-likeness (QED) is 0.790. The summed E-state index contributed by atoms with van der Waals surface area (Å²) in [5.74, 6) is 0.368. The van der Waals surface area contributed by atoms with Crippen LogP contribution in [0.15, 0.2) is 18.5 Å². The summed E-state index contributed by atoms with van der Waals surface area (Å²) < 4.78 is 0. The van der Waals surface area contributed by atoms with Gasteiger partial charge < -0.3 is 5.11 Å². The molecule has 0 spiro atoms. The van der Waals surface area contributed by atoms with Crippen LogP contribution < -0.4 is 0 Å². The normalized spacial score (nSPS) is 31.8. The van der Waals surface area contributed by atoms with E-state index >= 15 is 0 Å². The molecule has 2 unspecified atom stereocenters. The predicted molar refractivity (Wildman–Crippen MR) is 51.5 cm³/mol. The van der Waals surface area contributed by atoms with Crippen molar-refractivity contribution in [1.82, 2.24) is 4.98 Å². The van der Waals surface area contributed by atoms with E-state index in [0.29, 0.717) is 10.9 Å². The maximum Gasteiger partial charge on any atom is 0.0944 e. The third-order valence-corrected chi connectivity index (χ3v) is 3.11. The predicted octanol–water partition coefficient (Wildman–Crippen LogP) is 2.35. The zero-order valence-electron chi connectivity index (χ0n) is 7.50. The Balaban J connectivity index is 2.32. The van der Waals surface area contributed by atoms with Crippen LogP contribution in [0.1, 0.15) is 25.3 Å². The number of pyridine rings is 1. The molecule has 2 atom stereocenters. The molecule has 0 aliphatic heterocycles. The van der Waals surface area contributed by atoms with E-state index in [4.69, 9.17) is 11.6 Å². The van der Waals surface area contributed by atoms with Crippen LogP contribution in [0.25, 0.3) is 0 Å². The second kappa shape index (κ2) is 2.96. The van der Waals surface area contributed by atoms with Crippen molar-refractivity contribution in [3.05, 3.63) is 29.0 Å². The highest BCUT2D eigenvalue weighted by Gasteiger charge is 2.53. The van der Waals surface area contributed by atoms with E-state index in [1.54, 1.807) is 18.5 Å². The summed E-state index contributed by atoms with van der Waals surface area (Å²) >= 11 is 5.95. The van der Waals surface area contributed by atoms with Crippen molar-refractivity contribution >= 4 is 11.6 Å². The molecule has 1 aliphatic carbocycles. The monoisotopic (exact) mass is 197 g/mol. The Kier molecular flexibility index (Phi) is 2.05. The lowest BCUT2D eigenvalue weighted by Gasteiger charge is -2.11. The summed E-state index contributed by atoms with van der Waals surface area (Å²) in [7, 11) is 0. The molecule has 0 aromatic carbocycles. The van der Waals surface area contributed by atoms with Crippen molar-refractivity contribution in [3.8, 4) is 0 Å². The number of aromatic nitrogens is 1. The average Bonchev–Trinajstić information content (AvgIpc) is 2.79. The van der Waals surface area contributed by atoms with Crippen molar-refractivity contribution in [2.24, 2.45) is 5.92 Å². The fourth-order valence-corrected chi connectivity index (χ4v) is 2.14. The summed E-state index contributed by atoms with van der Waals surface area (Å²) in [6.07, 6.45) is 5.08. The third kappa shape index (κ3) is 1.34. The van der Waals surface area contributed by atoms with Gasteiger partial charge in [-0.1, -0.05) is 24.9 Å². The van der Waals surface area contributed by atoms with Crippen LogP contribution >= 0.6 is 11.6 Å². The van der Waals surface area contributed by atoms with E-state index in [1.807, 2.05) is 0 Å². The van der Waals surface area contributed by atoms with Crippen molar-refractivity contribution in [1.29, 1.82) is 0 Å². The van der Waals surface area contributed by atoms with E-state index in [2.05, 4.69) is 11.9 Å². The Bertz CT molecular complexity index is 328. The molecule has 1 heterocycles. The topological polar surface area (TPSA) is 33.1 Å². The second-order valence-corrected chi connectivity index (χ2v) is 4.00. The van der Waals surface area contributed by atoms with E-state index < -0.39 is 5.60 Å². The standard InChI is InChI=1S/C10H12ClNO/c1-2-7-5-10(7,13)8-3-4-12-6-9(8)11/h3-4,6-7,13H,2,5H2,1H3. The second-order valence-electron chi connectivity index (χ2n) is 3.59. The van der Waals surface area contributed by atoms with E-state index in [0.717, 1.165) is 18.4 Å². The number of hydrogen-bond donors (Lipinski definition) is 1. The van der Waals surface area contributed by atoms with Gasteiger partial charge in [-0.05, 0) is 18.4 Å². The van der Waals surface area contributed by atoms with E-state index in [9.17, 15) is 5.11 Å². The number of rotatable bonds is 2. The fourth-order valence-electron chi connectivity index (χ4n) is 1.85. The lowest BCUT2D eigenvalue weighted by Crippen LogP contribution is -2.09. The molecular formula is C10H12ClNO. The molecular weight excluding hydrogens is 186 g/mol. The van der Waals surface area contributed by atoms with Gasteiger partial charge in [0.25, 0.3) is 0 Å². The molecule has 2 nitrogen and oxygen atoms in total. The minimum Gasteiger partial charge on any atom is -0.385 e. The molecule has 3 heteroatoms. The number of hydrogen-bond acceptors (Lipinski definition) is 2. The molecule has 1 aliphatic rings. The number of halogens is 1. The smallest absolute Gasteiger partial charge is 0.0944 e. The first-order valence-corrected chi connectivity index (χ1v) is 4.88. The highest BCUT2D eigenvalue weighted by Crippen LogP contribution is 2.55. The van der Waals surface area contributed by atoms with Crippen molar-refractivity contribution in [2.45, 2.75) is 25.4 Å². The summed E-state index contributed by atoms with van der Waals surface area (Å²) in [5, 5.41) is 10.7. The lowest BCUT2D eigenvalue weighted by molar-refractivity contribution is 0.130. The van der Waals surface area contributed by atoms with Crippen LogP contribution in [-0.2, 0) is 5.60 Å². The zero-order chi connectivity index (χ0) is 9.47. The van der Waals surface area contributed by atoms with Crippen molar-refractivity contribution in [3.63, 3.8) is 0 Å². The molecule has 0 bridgehead atoms. The maximum atomic E-state index is 10.1. The van der Waals surface area contributed by atoms with Crippen LogP contribution in [-0.4, -0.2) is 10.1 Å². The molecule has 1 aromatic rings. The molecule has 0 radical (unpaired) electrons. The fraction of sp³-hybridized carbons (Fsp3) is 0.500. The first-order chi connectivity index (χ1) is 6.18. The zero-order valence-corrected chi connectivity index (χ0v) is 8.25. The van der Waals surface area contributed by atoms with Gasteiger partial charge in [0.2, 0.25) is 0 Å². The van der Waals surface area contributed by atoms with Crippen LogP contribution in [0.5, 0.6) is 0 Å². The number of aliphatic hydroxyl groups is 1. The van der Waals surface area contributed by atoms with Crippen molar-refractivity contribution in [2.75, 3.05) is 0 Å². The average molecular weight is 198 g/mol. The van der Waals surface area contributed by atoms with Gasteiger partial charge in [-0.2, -0.15) is 0 Å². The van der Waals surface area contributed by atoms with Crippen LogP contribution in [0, 0.1) is 5.92 Å². The highest BCUT2D eigenvalue weighted by molar-refractivity contribution is 6.31.